The first-order valence-electron chi connectivity index (χ1n) is 9.15. The summed E-state index contributed by atoms with van der Waals surface area (Å²) in [4.78, 5) is 20.2. The van der Waals surface area contributed by atoms with Gasteiger partial charge in [-0.3, -0.25) is 4.79 Å². The number of methoxy groups -OCH3 is 1. The number of rotatable bonds is 5. The molecule has 7 heteroatoms. The Balaban J connectivity index is 1.64. The zero-order valence-corrected chi connectivity index (χ0v) is 15.4. The predicted molar refractivity (Wildman–Crippen MR) is 99.9 cm³/mol. The van der Waals surface area contributed by atoms with Gasteiger partial charge in [0.2, 0.25) is 5.76 Å². The number of nitrogens with zero attached hydrogens (tertiary/aromatic N) is 2. The number of aryl methyl sites for hydroxylation is 1. The first-order chi connectivity index (χ1) is 13.2. The van der Waals surface area contributed by atoms with Crippen molar-refractivity contribution in [3.05, 3.63) is 53.0 Å². The van der Waals surface area contributed by atoms with Crippen LogP contribution >= 0.6 is 0 Å². The number of H-pyrrole nitrogens is 1. The number of fused-ring (bicyclic) bond motifs is 1. The zero-order valence-electron chi connectivity index (χ0n) is 15.4. The molecule has 140 valence electrons. The van der Waals surface area contributed by atoms with Crippen LogP contribution in [0, 0.1) is 0 Å². The van der Waals surface area contributed by atoms with Crippen molar-refractivity contribution < 1.29 is 14.1 Å². The molecule has 0 aliphatic carbocycles. The van der Waals surface area contributed by atoms with E-state index in [1.54, 1.807) is 7.11 Å². The molecule has 0 unspecified atom stereocenters. The minimum atomic E-state index is -0.175. The maximum atomic E-state index is 12.5. The number of benzene rings is 1. The Morgan fingerprint density at radius 2 is 2.22 bits per heavy atom. The molecule has 3 aromatic rings. The summed E-state index contributed by atoms with van der Waals surface area (Å²) in [7, 11) is 1.65. The summed E-state index contributed by atoms with van der Waals surface area (Å²) in [5, 5.41) is 7.03. The third-order valence-electron chi connectivity index (χ3n) is 4.82. The van der Waals surface area contributed by atoms with Crippen molar-refractivity contribution in [2.45, 2.75) is 32.1 Å². The van der Waals surface area contributed by atoms with Gasteiger partial charge in [0.25, 0.3) is 5.91 Å². The molecule has 0 spiro atoms. The third-order valence-corrected chi connectivity index (χ3v) is 4.82. The SMILES string of the molecule is CCCc1cc(-c2nc3c([nH]2)C[C@@H](c2cccc(OC)c2)CNC3=O)on1. The highest BCUT2D eigenvalue weighted by Gasteiger charge is 2.27. The third kappa shape index (κ3) is 3.45. The van der Waals surface area contributed by atoms with E-state index >= 15 is 0 Å². The second-order valence-electron chi connectivity index (χ2n) is 6.73. The number of ether oxygens (including phenoxy) is 1. The monoisotopic (exact) mass is 366 g/mol. The molecule has 0 saturated carbocycles. The van der Waals surface area contributed by atoms with E-state index in [1.165, 1.54) is 0 Å². The van der Waals surface area contributed by atoms with Crippen LogP contribution in [0.3, 0.4) is 0 Å². The van der Waals surface area contributed by atoms with Crippen molar-refractivity contribution in [1.82, 2.24) is 20.4 Å². The molecular formula is C20H22N4O3. The van der Waals surface area contributed by atoms with Crippen molar-refractivity contribution in [1.29, 1.82) is 0 Å². The Labute approximate surface area is 157 Å². The van der Waals surface area contributed by atoms with Crippen molar-refractivity contribution in [2.24, 2.45) is 0 Å². The lowest BCUT2D eigenvalue weighted by Gasteiger charge is -2.15. The Morgan fingerprint density at radius 3 is 3.04 bits per heavy atom. The van der Waals surface area contributed by atoms with E-state index < -0.39 is 0 Å². The van der Waals surface area contributed by atoms with E-state index in [9.17, 15) is 4.79 Å². The van der Waals surface area contributed by atoms with E-state index in [1.807, 2.05) is 24.3 Å². The largest absolute Gasteiger partial charge is 0.497 e. The molecule has 0 radical (unpaired) electrons. The number of nitrogens with one attached hydrogen (secondary N) is 2. The molecule has 1 aromatic carbocycles. The lowest BCUT2D eigenvalue weighted by molar-refractivity contribution is 0.0950. The van der Waals surface area contributed by atoms with Gasteiger partial charge in [0, 0.05) is 24.2 Å². The van der Waals surface area contributed by atoms with Gasteiger partial charge in [-0.25, -0.2) is 4.98 Å². The normalized spacial score (nSPS) is 16.5. The van der Waals surface area contributed by atoms with E-state index in [2.05, 4.69) is 33.4 Å². The number of hydrogen-bond donors (Lipinski definition) is 2. The van der Waals surface area contributed by atoms with Crippen LogP contribution in [0.5, 0.6) is 5.75 Å². The Morgan fingerprint density at radius 1 is 1.33 bits per heavy atom. The number of carbonyl (C=O) groups is 1. The van der Waals surface area contributed by atoms with E-state index in [0.717, 1.165) is 35.5 Å². The van der Waals surface area contributed by atoms with Crippen LogP contribution in [0.2, 0.25) is 0 Å². The van der Waals surface area contributed by atoms with E-state index in [-0.39, 0.29) is 11.8 Å². The average molecular weight is 366 g/mol. The number of carbonyl (C=O) groups excluding carboxylic acids is 1. The molecule has 3 heterocycles. The topological polar surface area (TPSA) is 93.0 Å². The first-order valence-corrected chi connectivity index (χ1v) is 9.15. The molecule has 2 N–H and O–H groups in total. The summed E-state index contributed by atoms with van der Waals surface area (Å²) in [6.45, 7) is 2.64. The van der Waals surface area contributed by atoms with Gasteiger partial charge in [0.15, 0.2) is 5.82 Å². The van der Waals surface area contributed by atoms with Crippen LogP contribution < -0.4 is 10.1 Å². The maximum Gasteiger partial charge on any atom is 0.271 e. The minimum Gasteiger partial charge on any atom is -0.497 e. The van der Waals surface area contributed by atoms with Gasteiger partial charge in [-0.05, 0) is 30.5 Å². The molecule has 1 atom stereocenters. The molecule has 0 fully saturated rings. The first kappa shape index (κ1) is 17.3. The summed E-state index contributed by atoms with van der Waals surface area (Å²) in [5.41, 5.74) is 3.23. The number of imidazole rings is 1. The van der Waals surface area contributed by atoms with Crippen LogP contribution in [0.25, 0.3) is 11.6 Å². The highest BCUT2D eigenvalue weighted by atomic mass is 16.5. The van der Waals surface area contributed by atoms with Crippen LogP contribution in [0.15, 0.2) is 34.9 Å². The molecule has 0 bridgehead atoms. The van der Waals surface area contributed by atoms with Crippen molar-refractivity contribution in [2.75, 3.05) is 13.7 Å². The number of aromatic amines is 1. The molecule has 1 aliphatic rings. The molecule has 0 saturated heterocycles. The Hall–Kier alpha value is -3.09. The van der Waals surface area contributed by atoms with E-state index in [4.69, 9.17) is 9.26 Å². The van der Waals surface area contributed by atoms with Gasteiger partial charge in [-0.1, -0.05) is 30.6 Å². The minimum absolute atomic E-state index is 0.129. The van der Waals surface area contributed by atoms with Gasteiger partial charge in [0.1, 0.15) is 11.4 Å². The average Bonchev–Trinajstić information content (AvgIpc) is 3.29. The fraction of sp³-hybridized carbons (Fsp3) is 0.350. The summed E-state index contributed by atoms with van der Waals surface area (Å²) < 4.78 is 10.7. The van der Waals surface area contributed by atoms with Crippen molar-refractivity contribution >= 4 is 5.91 Å². The van der Waals surface area contributed by atoms with E-state index in [0.29, 0.717) is 30.2 Å². The summed E-state index contributed by atoms with van der Waals surface area (Å²) in [5.74, 6) is 1.85. The lowest BCUT2D eigenvalue weighted by atomic mass is 9.94. The fourth-order valence-electron chi connectivity index (χ4n) is 3.41. The van der Waals surface area contributed by atoms with Gasteiger partial charge in [-0.15, -0.1) is 0 Å². The van der Waals surface area contributed by atoms with Gasteiger partial charge in [-0.2, -0.15) is 0 Å². The summed E-state index contributed by atoms with van der Waals surface area (Å²) in [6.07, 6.45) is 2.51. The molecule has 7 nitrogen and oxygen atoms in total. The van der Waals surface area contributed by atoms with Gasteiger partial charge >= 0.3 is 0 Å². The number of aromatic nitrogens is 3. The van der Waals surface area contributed by atoms with Crippen LogP contribution in [-0.4, -0.2) is 34.7 Å². The second-order valence-corrected chi connectivity index (χ2v) is 6.73. The van der Waals surface area contributed by atoms with Crippen LogP contribution in [-0.2, 0) is 12.8 Å². The summed E-state index contributed by atoms with van der Waals surface area (Å²) in [6, 6.07) is 9.81. The Kier molecular flexibility index (Phi) is 4.66. The maximum absolute atomic E-state index is 12.5. The molecule has 27 heavy (non-hydrogen) atoms. The van der Waals surface area contributed by atoms with Gasteiger partial charge in [0.05, 0.1) is 12.8 Å². The quantitative estimate of drug-likeness (QED) is 0.724. The molecular weight excluding hydrogens is 344 g/mol. The van der Waals surface area contributed by atoms with Crippen LogP contribution in [0.4, 0.5) is 0 Å². The highest BCUT2D eigenvalue weighted by molar-refractivity contribution is 5.94. The number of amides is 1. The molecule has 1 aliphatic heterocycles. The molecule has 2 aromatic heterocycles. The molecule has 1 amide bonds. The van der Waals surface area contributed by atoms with Gasteiger partial charge < -0.3 is 19.6 Å². The standard InChI is InChI=1S/C20H22N4O3/c1-3-5-14-10-17(27-24-14)19-22-16-9-13(11-21-20(25)18(16)23-19)12-6-4-7-15(8-12)26-2/h4,6-8,10,13H,3,5,9,11H2,1-2H3,(H,21,25)(H,22,23)/t13-/m1/s1. The zero-order chi connectivity index (χ0) is 18.8. The predicted octanol–water partition coefficient (Wildman–Crippen LogP) is 3.10. The highest BCUT2D eigenvalue weighted by Crippen LogP contribution is 2.28. The smallest absolute Gasteiger partial charge is 0.271 e. The van der Waals surface area contributed by atoms with Crippen molar-refractivity contribution in [3.8, 4) is 17.3 Å². The fourth-order valence-corrected chi connectivity index (χ4v) is 3.41. The number of hydrogen-bond acceptors (Lipinski definition) is 5. The summed E-state index contributed by atoms with van der Waals surface area (Å²) >= 11 is 0. The molecule has 4 rings (SSSR count). The lowest BCUT2D eigenvalue weighted by Crippen LogP contribution is -2.26. The Bertz CT molecular complexity index is 960. The second kappa shape index (κ2) is 7.26. The van der Waals surface area contributed by atoms with Crippen LogP contribution in [0.1, 0.15) is 46.7 Å². The van der Waals surface area contributed by atoms with Crippen molar-refractivity contribution in [3.63, 3.8) is 0 Å².